The van der Waals surface area contributed by atoms with E-state index in [0.29, 0.717) is 0 Å². The zero-order valence-corrected chi connectivity index (χ0v) is 7.72. The maximum Gasteiger partial charge on any atom is 0.161 e. The highest BCUT2D eigenvalue weighted by Crippen LogP contribution is 2.11. The predicted molar refractivity (Wildman–Crippen MR) is 45.6 cm³/mol. The Morgan fingerprint density at radius 3 is 2.45 bits per heavy atom. The fourth-order valence-electron chi connectivity index (χ4n) is 1.20. The van der Waals surface area contributed by atoms with Crippen molar-refractivity contribution < 1.29 is 9.53 Å². The van der Waals surface area contributed by atoms with Gasteiger partial charge in [0.05, 0.1) is 0 Å². The Morgan fingerprint density at radius 2 is 2.09 bits per heavy atom. The Hall–Kier alpha value is -0.370. The predicted octanol–water partition coefficient (Wildman–Crippen LogP) is 2.03. The molecule has 1 atom stereocenters. The standard InChI is InChI=1S/C9H18O2/c1-4-6-8(5-2)9(10)7-11-3/h8H,4-7H2,1-3H3. The average molecular weight is 158 g/mol. The van der Waals surface area contributed by atoms with E-state index >= 15 is 0 Å². The number of hydrogen-bond donors (Lipinski definition) is 0. The third kappa shape index (κ3) is 4.14. The lowest BCUT2D eigenvalue weighted by Gasteiger charge is -2.10. The molecule has 0 saturated heterocycles. The van der Waals surface area contributed by atoms with E-state index in [0.717, 1.165) is 19.3 Å². The van der Waals surface area contributed by atoms with Gasteiger partial charge in [-0.05, 0) is 12.8 Å². The van der Waals surface area contributed by atoms with E-state index in [1.165, 1.54) is 0 Å². The van der Waals surface area contributed by atoms with Crippen LogP contribution in [0.15, 0.2) is 0 Å². The molecule has 0 aliphatic heterocycles. The summed E-state index contributed by atoms with van der Waals surface area (Å²) in [5, 5.41) is 0. The number of rotatable bonds is 6. The van der Waals surface area contributed by atoms with Crippen molar-refractivity contribution in [2.75, 3.05) is 13.7 Å². The van der Waals surface area contributed by atoms with Crippen LogP contribution < -0.4 is 0 Å². The van der Waals surface area contributed by atoms with E-state index in [1.807, 2.05) is 6.92 Å². The van der Waals surface area contributed by atoms with E-state index < -0.39 is 0 Å². The quantitative estimate of drug-likeness (QED) is 0.591. The van der Waals surface area contributed by atoms with Gasteiger partial charge in [-0.2, -0.15) is 0 Å². The number of Topliss-reactive ketones (excluding diaryl/α,β-unsaturated/α-hetero) is 1. The monoisotopic (exact) mass is 158 g/mol. The third-order valence-electron chi connectivity index (χ3n) is 1.87. The molecule has 0 radical (unpaired) electrons. The molecule has 0 N–H and O–H groups in total. The van der Waals surface area contributed by atoms with Crippen molar-refractivity contribution in [2.24, 2.45) is 5.92 Å². The maximum absolute atomic E-state index is 11.2. The van der Waals surface area contributed by atoms with Gasteiger partial charge in [-0.15, -0.1) is 0 Å². The smallest absolute Gasteiger partial charge is 0.161 e. The van der Waals surface area contributed by atoms with E-state index in [4.69, 9.17) is 4.74 Å². The van der Waals surface area contributed by atoms with Crippen molar-refractivity contribution in [2.45, 2.75) is 33.1 Å². The summed E-state index contributed by atoms with van der Waals surface area (Å²) in [5.41, 5.74) is 0. The van der Waals surface area contributed by atoms with Crippen LogP contribution >= 0.6 is 0 Å². The molecule has 0 aromatic heterocycles. The largest absolute Gasteiger partial charge is 0.377 e. The van der Waals surface area contributed by atoms with Crippen molar-refractivity contribution >= 4 is 5.78 Å². The zero-order valence-electron chi connectivity index (χ0n) is 7.72. The van der Waals surface area contributed by atoms with E-state index in [-0.39, 0.29) is 18.3 Å². The molecular weight excluding hydrogens is 140 g/mol. The molecule has 0 fully saturated rings. The summed E-state index contributed by atoms with van der Waals surface area (Å²) in [5.74, 6) is 0.469. The lowest BCUT2D eigenvalue weighted by atomic mass is 9.96. The normalized spacial score (nSPS) is 13.0. The van der Waals surface area contributed by atoms with Crippen molar-refractivity contribution in [1.82, 2.24) is 0 Å². The number of carbonyl (C=O) groups is 1. The van der Waals surface area contributed by atoms with E-state index in [9.17, 15) is 4.79 Å². The molecule has 0 rings (SSSR count). The third-order valence-corrected chi connectivity index (χ3v) is 1.87. The fourth-order valence-corrected chi connectivity index (χ4v) is 1.20. The van der Waals surface area contributed by atoms with Crippen LogP contribution in [-0.2, 0) is 9.53 Å². The highest BCUT2D eigenvalue weighted by molar-refractivity contribution is 5.82. The first-order valence-corrected chi connectivity index (χ1v) is 4.27. The molecule has 1 unspecified atom stereocenters. The summed E-state index contributed by atoms with van der Waals surface area (Å²) < 4.78 is 4.78. The van der Waals surface area contributed by atoms with Crippen LogP contribution in [0, 0.1) is 5.92 Å². The molecule has 2 nitrogen and oxygen atoms in total. The molecule has 2 heteroatoms. The lowest BCUT2D eigenvalue weighted by molar-refractivity contribution is -0.126. The van der Waals surface area contributed by atoms with Crippen LogP contribution in [-0.4, -0.2) is 19.5 Å². The second-order valence-electron chi connectivity index (χ2n) is 2.79. The summed E-state index contributed by atoms with van der Waals surface area (Å²) in [6.45, 7) is 4.43. The van der Waals surface area contributed by atoms with Gasteiger partial charge in [-0.1, -0.05) is 20.3 Å². The van der Waals surface area contributed by atoms with Crippen molar-refractivity contribution in [1.29, 1.82) is 0 Å². The van der Waals surface area contributed by atoms with Gasteiger partial charge in [-0.25, -0.2) is 0 Å². The Morgan fingerprint density at radius 1 is 1.45 bits per heavy atom. The molecule has 0 amide bonds. The van der Waals surface area contributed by atoms with E-state index in [1.54, 1.807) is 7.11 Å². The van der Waals surface area contributed by atoms with E-state index in [2.05, 4.69) is 6.92 Å². The molecule has 0 bridgehead atoms. The van der Waals surface area contributed by atoms with Gasteiger partial charge in [-0.3, -0.25) is 4.79 Å². The molecule has 0 aliphatic carbocycles. The van der Waals surface area contributed by atoms with Gasteiger partial charge >= 0.3 is 0 Å². The Kier molecular flexibility index (Phi) is 6.13. The topological polar surface area (TPSA) is 26.3 Å². The van der Waals surface area contributed by atoms with Gasteiger partial charge in [0, 0.05) is 13.0 Å². The molecule has 0 heterocycles. The summed E-state index contributed by atoms with van der Waals surface area (Å²) in [6, 6.07) is 0. The van der Waals surface area contributed by atoms with Crippen LogP contribution in [0.25, 0.3) is 0 Å². The average Bonchev–Trinajstić information content (AvgIpc) is 2.00. The van der Waals surface area contributed by atoms with Gasteiger partial charge in [0.15, 0.2) is 5.78 Å². The minimum absolute atomic E-state index is 0.222. The zero-order chi connectivity index (χ0) is 8.69. The number of hydrogen-bond acceptors (Lipinski definition) is 2. The summed E-state index contributed by atoms with van der Waals surface area (Å²) in [4.78, 5) is 11.2. The Balaban J connectivity index is 3.71. The molecular formula is C9H18O2. The molecule has 0 aliphatic rings. The number of methoxy groups -OCH3 is 1. The minimum atomic E-state index is 0.222. The number of ether oxygens (including phenoxy) is 1. The second-order valence-corrected chi connectivity index (χ2v) is 2.79. The van der Waals surface area contributed by atoms with Crippen molar-refractivity contribution in [3.8, 4) is 0 Å². The maximum atomic E-state index is 11.2. The minimum Gasteiger partial charge on any atom is -0.377 e. The van der Waals surface area contributed by atoms with Crippen molar-refractivity contribution in [3.05, 3.63) is 0 Å². The van der Waals surface area contributed by atoms with Gasteiger partial charge in [0.2, 0.25) is 0 Å². The molecule has 0 saturated carbocycles. The highest BCUT2D eigenvalue weighted by atomic mass is 16.5. The van der Waals surface area contributed by atoms with Crippen LogP contribution in [0.1, 0.15) is 33.1 Å². The molecule has 0 spiro atoms. The first-order chi connectivity index (χ1) is 5.26. The number of ketones is 1. The first-order valence-electron chi connectivity index (χ1n) is 4.27. The second kappa shape index (κ2) is 6.35. The van der Waals surface area contributed by atoms with Gasteiger partial charge in [0.1, 0.15) is 6.61 Å². The molecule has 11 heavy (non-hydrogen) atoms. The molecule has 0 aromatic rings. The van der Waals surface area contributed by atoms with Crippen LogP contribution in [0.3, 0.4) is 0 Å². The SMILES string of the molecule is CCCC(CC)C(=O)COC. The Labute approximate surface area is 68.9 Å². The lowest BCUT2D eigenvalue weighted by Crippen LogP contribution is -2.18. The van der Waals surface area contributed by atoms with Gasteiger partial charge < -0.3 is 4.74 Å². The van der Waals surface area contributed by atoms with Crippen molar-refractivity contribution in [3.63, 3.8) is 0 Å². The first kappa shape index (κ1) is 10.6. The summed E-state index contributed by atoms with van der Waals surface area (Å²) in [7, 11) is 1.57. The summed E-state index contributed by atoms with van der Waals surface area (Å²) in [6.07, 6.45) is 3.02. The molecule has 0 aromatic carbocycles. The Bertz CT molecular complexity index is 110. The van der Waals surface area contributed by atoms with Gasteiger partial charge in [0.25, 0.3) is 0 Å². The van der Waals surface area contributed by atoms with Crippen LogP contribution in [0.4, 0.5) is 0 Å². The van der Waals surface area contributed by atoms with Crippen LogP contribution in [0.5, 0.6) is 0 Å². The summed E-state index contributed by atoms with van der Waals surface area (Å²) >= 11 is 0. The fraction of sp³-hybridized carbons (Fsp3) is 0.889. The molecule has 66 valence electrons. The number of carbonyl (C=O) groups excluding carboxylic acids is 1. The highest BCUT2D eigenvalue weighted by Gasteiger charge is 2.13. The van der Waals surface area contributed by atoms with Crippen LogP contribution in [0.2, 0.25) is 0 Å².